The number of hydrogen-bond acceptors (Lipinski definition) is 3. The second-order valence-electron chi connectivity index (χ2n) is 4.07. The van der Waals surface area contributed by atoms with Crippen LogP contribution in [0.5, 0.6) is 0 Å². The van der Waals surface area contributed by atoms with E-state index in [2.05, 4.69) is 24.0 Å². The molecule has 0 aliphatic rings. The van der Waals surface area contributed by atoms with Gasteiger partial charge in [-0.2, -0.15) is 0 Å². The maximum Gasteiger partial charge on any atom is 0.208 e. The zero-order chi connectivity index (χ0) is 13.0. The summed E-state index contributed by atoms with van der Waals surface area (Å²) in [6.07, 6.45) is 3.51. The van der Waals surface area contributed by atoms with Crippen LogP contribution in [-0.4, -0.2) is 21.1 Å². The predicted molar refractivity (Wildman–Crippen MR) is 74.1 cm³/mol. The van der Waals surface area contributed by atoms with Crippen molar-refractivity contribution in [2.24, 2.45) is 0 Å². The molecule has 0 radical (unpaired) electrons. The number of carbonyl (C=O) groups is 1. The molecule has 0 spiro atoms. The lowest BCUT2D eigenvalue weighted by Crippen LogP contribution is -2.11. The van der Waals surface area contributed by atoms with Gasteiger partial charge in [0.1, 0.15) is 0 Å². The number of aryl methyl sites for hydroxylation is 2. The molecular formula is C14H16N2OS. The number of hydrogen-bond donors (Lipinski definition) is 0. The van der Waals surface area contributed by atoms with Crippen molar-refractivity contribution < 1.29 is 4.79 Å². The van der Waals surface area contributed by atoms with E-state index in [0.29, 0.717) is 11.6 Å². The summed E-state index contributed by atoms with van der Waals surface area (Å²) in [5.74, 6) is 1.06. The number of Topliss-reactive ketones (excluding diaryl/α,β-unsaturated/α-hetero) is 1. The number of imidazole rings is 1. The molecule has 94 valence electrons. The molecule has 0 saturated heterocycles. The highest BCUT2D eigenvalue weighted by molar-refractivity contribution is 8.00. The van der Waals surface area contributed by atoms with Crippen molar-refractivity contribution in [1.29, 1.82) is 0 Å². The van der Waals surface area contributed by atoms with Crippen LogP contribution in [0.2, 0.25) is 0 Å². The third-order valence-electron chi connectivity index (χ3n) is 2.67. The van der Waals surface area contributed by atoms with Crippen molar-refractivity contribution in [3.8, 4) is 0 Å². The number of carbonyl (C=O) groups excluding carboxylic acids is 1. The van der Waals surface area contributed by atoms with Gasteiger partial charge in [-0.3, -0.25) is 4.79 Å². The first-order chi connectivity index (χ1) is 8.70. The van der Waals surface area contributed by atoms with Gasteiger partial charge in [0.05, 0.1) is 5.75 Å². The Morgan fingerprint density at radius 3 is 3.00 bits per heavy atom. The molecule has 0 amide bonds. The Morgan fingerprint density at radius 1 is 1.44 bits per heavy atom. The molecule has 4 heteroatoms. The molecule has 0 atom stereocenters. The highest BCUT2D eigenvalue weighted by Gasteiger charge is 2.12. The molecule has 0 aliphatic heterocycles. The van der Waals surface area contributed by atoms with Gasteiger partial charge in [0.25, 0.3) is 0 Å². The molecule has 1 aromatic heterocycles. The van der Waals surface area contributed by atoms with E-state index in [1.807, 2.05) is 29.8 Å². The Bertz CT molecular complexity index is 548. The van der Waals surface area contributed by atoms with E-state index >= 15 is 0 Å². The number of nitrogens with zero attached hydrogens (tertiary/aromatic N) is 2. The summed E-state index contributed by atoms with van der Waals surface area (Å²) in [7, 11) is 0. The summed E-state index contributed by atoms with van der Waals surface area (Å²) < 4.78 is 1.87. The lowest BCUT2D eigenvalue weighted by Gasteiger charge is -2.04. The Kier molecular flexibility index (Phi) is 4.20. The van der Waals surface area contributed by atoms with Gasteiger partial charge >= 0.3 is 0 Å². The number of benzene rings is 1. The maximum atomic E-state index is 12.0. The fourth-order valence-electron chi connectivity index (χ4n) is 1.74. The molecule has 0 aliphatic carbocycles. The summed E-state index contributed by atoms with van der Waals surface area (Å²) >= 11 is 1.56. The summed E-state index contributed by atoms with van der Waals surface area (Å²) in [6.45, 7) is 4.83. The van der Waals surface area contributed by atoms with Crippen LogP contribution in [0.1, 0.15) is 23.1 Å². The van der Waals surface area contributed by atoms with Crippen LogP contribution in [0.15, 0.2) is 41.6 Å². The molecule has 1 heterocycles. The lowest BCUT2D eigenvalue weighted by atomic mass is 10.2. The Balaban J connectivity index is 2.00. The molecule has 18 heavy (non-hydrogen) atoms. The summed E-state index contributed by atoms with van der Waals surface area (Å²) in [5, 5.41) is 0. The first kappa shape index (κ1) is 12.9. The number of thioether (sulfide) groups is 1. The topological polar surface area (TPSA) is 34.9 Å². The van der Waals surface area contributed by atoms with Crippen LogP contribution < -0.4 is 0 Å². The first-order valence-corrected chi connectivity index (χ1v) is 6.93. The minimum Gasteiger partial charge on any atom is -0.329 e. The van der Waals surface area contributed by atoms with Crippen molar-refractivity contribution in [3.05, 3.63) is 48.0 Å². The molecule has 0 saturated carbocycles. The summed E-state index contributed by atoms with van der Waals surface area (Å²) in [5.41, 5.74) is 1.21. The van der Waals surface area contributed by atoms with Crippen LogP contribution in [0.3, 0.4) is 0 Å². The fourth-order valence-corrected chi connectivity index (χ4v) is 2.61. The summed E-state index contributed by atoms with van der Waals surface area (Å²) in [4.78, 5) is 17.3. The quantitative estimate of drug-likeness (QED) is 0.611. The highest BCUT2D eigenvalue weighted by atomic mass is 32.2. The number of ketones is 1. The third kappa shape index (κ3) is 3.01. The van der Waals surface area contributed by atoms with Crippen molar-refractivity contribution >= 4 is 17.5 Å². The highest BCUT2D eigenvalue weighted by Crippen LogP contribution is 2.19. The van der Waals surface area contributed by atoms with E-state index in [-0.39, 0.29) is 5.78 Å². The molecule has 0 bridgehead atoms. The minimum absolute atomic E-state index is 0.0772. The monoisotopic (exact) mass is 260 g/mol. The predicted octanol–water partition coefficient (Wildman–Crippen LogP) is 3.19. The van der Waals surface area contributed by atoms with Gasteiger partial charge in [0.2, 0.25) is 5.78 Å². The van der Waals surface area contributed by atoms with Gasteiger partial charge in [-0.15, -0.1) is 11.8 Å². The van der Waals surface area contributed by atoms with Crippen molar-refractivity contribution in [3.63, 3.8) is 0 Å². The van der Waals surface area contributed by atoms with Gasteiger partial charge in [0.15, 0.2) is 5.82 Å². The number of aromatic nitrogens is 2. The summed E-state index contributed by atoms with van der Waals surface area (Å²) in [6, 6.07) is 8.17. The third-order valence-corrected chi connectivity index (χ3v) is 3.66. The van der Waals surface area contributed by atoms with E-state index in [9.17, 15) is 4.79 Å². The lowest BCUT2D eigenvalue weighted by molar-refractivity contribution is 0.100. The average Bonchev–Trinajstić information content (AvgIpc) is 2.84. The molecular weight excluding hydrogens is 244 g/mol. The first-order valence-electron chi connectivity index (χ1n) is 5.94. The van der Waals surface area contributed by atoms with Gasteiger partial charge < -0.3 is 4.57 Å². The van der Waals surface area contributed by atoms with E-state index in [4.69, 9.17) is 0 Å². The number of rotatable bonds is 5. The SMILES string of the molecule is CCn1ccnc1C(=O)CSc1cccc(C)c1. The van der Waals surface area contributed by atoms with Gasteiger partial charge in [-0.25, -0.2) is 4.98 Å². The van der Waals surface area contributed by atoms with E-state index < -0.39 is 0 Å². The van der Waals surface area contributed by atoms with E-state index in [1.165, 1.54) is 5.56 Å². The Labute approximate surface area is 111 Å². The Morgan fingerprint density at radius 2 is 2.28 bits per heavy atom. The maximum absolute atomic E-state index is 12.0. The zero-order valence-electron chi connectivity index (χ0n) is 10.6. The van der Waals surface area contributed by atoms with Crippen molar-refractivity contribution in [2.75, 3.05) is 5.75 Å². The molecule has 2 rings (SSSR count). The molecule has 0 unspecified atom stereocenters. The molecule has 1 aromatic carbocycles. The van der Waals surface area contributed by atoms with Gasteiger partial charge in [-0.1, -0.05) is 17.7 Å². The smallest absolute Gasteiger partial charge is 0.208 e. The molecule has 0 N–H and O–H groups in total. The van der Waals surface area contributed by atoms with E-state index in [0.717, 1.165) is 11.4 Å². The van der Waals surface area contributed by atoms with Crippen molar-refractivity contribution in [1.82, 2.24) is 9.55 Å². The van der Waals surface area contributed by atoms with Crippen LogP contribution in [-0.2, 0) is 6.54 Å². The zero-order valence-corrected chi connectivity index (χ0v) is 11.4. The largest absolute Gasteiger partial charge is 0.329 e. The second-order valence-corrected chi connectivity index (χ2v) is 5.11. The van der Waals surface area contributed by atoms with Gasteiger partial charge in [-0.05, 0) is 26.0 Å². The molecule has 3 nitrogen and oxygen atoms in total. The fraction of sp³-hybridized carbons (Fsp3) is 0.286. The molecule has 2 aromatic rings. The second kappa shape index (κ2) is 5.87. The standard InChI is InChI=1S/C14H16N2OS/c1-3-16-8-7-15-14(16)13(17)10-18-12-6-4-5-11(2)9-12/h4-9H,3,10H2,1-2H3. The van der Waals surface area contributed by atoms with Crippen LogP contribution in [0.4, 0.5) is 0 Å². The van der Waals surface area contributed by atoms with Crippen LogP contribution in [0.25, 0.3) is 0 Å². The van der Waals surface area contributed by atoms with Crippen LogP contribution in [0, 0.1) is 6.92 Å². The normalized spacial score (nSPS) is 10.6. The minimum atomic E-state index is 0.0772. The average molecular weight is 260 g/mol. The Hall–Kier alpha value is -1.55. The molecule has 0 fully saturated rings. The van der Waals surface area contributed by atoms with E-state index in [1.54, 1.807) is 18.0 Å². The van der Waals surface area contributed by atoms with Crippen LogP contribution >= 0.6 is 11.8 Å². The van der Waals surface area contributed by atoms with Gasteiger partial charge in [0, 0.05) is 23.8 Å². The van der Waals surface area contributed by atoms with Crippen molar-refractivity contribution in [2.45, 2.75) is 25.3 Å².